The van der Waals surface area contributed by atoms with E-state index in [1.165, 1.54) is 11.3 Å². The standard InChI is InChI=1S/C10H10ClN3S/c1-6-2-3-7(4-8(6)11)14-10-13-5-9(12)15-10/h2-5H,12H2,1H3,(H,13,14). The molecule has 0 fully saturated rings. The zero-order valence-corrected chi connectivity index (χ0v) is 9.69. The summed E-state index contributed by atoms with van der Waals surface area (Å²) in [5, 5.41) is 5.34. The first-order valence-corrected chi connectivity index (χ1v) is 5.59. The van der Waals surface area contributed by atoms with E-state index in [9.17, 15) is 0 Å². The molecule has 2 aromatic rings. The van der Waals surface area contributed by atoms with Gasteiger partial charge in [-0.2, -0.15) is 0 Å². The molecule has 1 heterocycles. The molecule has 3 N–H and O–H groups in total. The molecule has 0 aliphatic heterocycles. The van der Waals surface area contributed by atoms with E-state index in [1.807, 2.05) is 25.1 Å². The predicted octanol–water partition coefficient (Wildman–Crippen LogP) is 3.43. The van der Waals surface area contributed by atoms with Crippen LogP contribution in [0, 0.1) is 6.92 Å². The third kappa shape index (κ3) is 2.40. The molecule has 0 aliphatic carbocycles. The Kier molecular flexibility index (Phi) is 2.79. The molecule has 1 aromatic heterocycles. The van der Waals surface area contributed by atoms with Crippen molar-refractivity contribution in [1.29, 1.82) is 0 Å². The molecule has 78 valence electrons. The molecule has 0 amide bonds. The van der Waals surface area contributed by atoms with Crippen molar-refractivity contribution in [2.45, 2.75) is 6.92 Å². The Bertz CT molecular complexity index is 481. The van der Waals surface area contributed by atoms with Gasteiger partial charge in [0.15, 0.2) is 5.13 Å². The summed E-state index contributed by atoms with van der Waals surface area (Å²) >= 11 is 7.41. The van der Waals surface area contributed by atoms with Gasteiger partial charge in [0.25, 0.3) is 0 Å². The number of rotatable bonds is 2. The normalized spacial score (nSPS) is 10.3. The van der Waals surface area contributed by atoms with Gasteiger partial charge in [0.1, 0.15) is 5.00 Å². The molecule has 0 radical (unpaired) electrons. The van der Waals surface area contributed by atoms with Gasteiger partial charge in [0.05, 0.1) is 6.20 Å². The van der Waals surface area contributed by atoms with Gasteiger partial charge >= 0.3 is 0 Å². The minimum atomic E-state index is 0.690. The molecule has 1 aromatic carbocycles. The Labute approximate surface area is 96.9 Å². The second-order valence-electron chi connectivity index (χ2n) is 3.16. The van der Waals surface area contributed by atoms with Gasteiger partial charge in [-0.1, -0.05) is 29.0 Å². The van der Waals surface area contributed by atoms with Crippen LogP contribution in [0.1, 0.15) is 5.56 Å². The molecule has 0 bridgehead atoms. The Morgan fingerprint density at radius 1 is 1.47 bits per heavy atom. The minimum absolute atomic E-state index is 0.690. The lowest BCUT2D eigenvalue weighted by atomic mass is 10.2. The monoisotopic (exact) mass is 239 g/mol. The van der Waals surface area contributed by atoms with E-state index in [2.05, 4.69) is 10.3 Å². The summed E-state index contributed by atoms with van der Waals surface area (Å²) in [6.45, 7) is 1.97. The smallest absolute Gasteiger partial charge is 0.189 e. The van der Waals surface area contributed by atoms with Crippen LogP contribution in [0.15, 0.2) is 24.4 Å². The number of hydrogen-bond acceptors (Lipinski definition) is 4. The summed E-state index contributed by atoms with van der Waals surface area (Å²) in [5.74, 6) is 0. The zero-order chi connectivity index (χ0) is 10.8. The summed E-state index contributed by atoms with van der Waals surface area (Å²) in [5.41, 5.74) is 7.55. The number of nitrogens with one attached hydrogen (secondary N) is 1. The summed E-state index contributed by atoms with van der Waals surface area (Å²) < 4.78 is 0. The molecule has 0 saturated heterocycles. The van der Waals surface area contributed by atoms with E-state index < -0.39 is 0 Å². The van der Waals surface area contributed by atoms with Crippen LogP contribution >= 0.6 is 22.9 Å². The molecule has 5 heteroatoms. The highest BCUT2D eigenvalue weighted by Crippen LogP contribution is 2.26. The van der Waals surface area contributed by atoms with Crippen LogP contribution in [-0.2, 0) is 0 Å². The van der Waals surface area contributed by atoms with E-state index in [-0.39, 0.29) is 0 Å². The van der Waals surface area contributed by atoms with E-state index in [1.54, 1.807) is 6.20 Å². The maximum Gasteiger partial charge on any atom is 0.189 e. The largest absolute Gasteiger partial charge is 0.389 e. The van der Waals surface area contributed by atoms with Crippen LogP contribution in [0.5, 0.6) is 0 Å². The number of aromatic nitrogens is 1. The van der Waals surface area contributed by atoms with Gasteiger partial charge in [-0.05, 0) is 24.6 Å². The molecule has 0 unspecified atom stereocenters. The van der Waals surface area contributed by atoms with Crippen molar-refractivity contribution in [2.75, 3.05) is 11.1 Å². The maximum atomic E-state index is 6.00. The molecule has 3 nitrogen and oxygen atoms in total. The lowest BCUT2D eigenvalue weighted by molar-refractivity contribution is 1.38. The van der Waals surface area contributed by atoms with Crippen molar-refractivity contribution < 1.29 is 0 Å². The highest BCUT2D eigenvalue weighted by molar-refractivity contribution is 7.19. The second-order valence-corrected chi connectivity index (χ2v) is 4.63. The van der Waals surface area contributed by atoms with Crippen LogP contribution in [0.3, 0.4) is 0 Å². The van der Waals surface area contributed by atoms with Crippen LogP contribution in [0.4, 0.5) is 15.8 Å². The van der Waals surface area contributed by atoms with E-state index in [0.717, 1.165) is 21.4 Å². The van der Waals surface area contributed by atoms with Crippen molar-refractivity contribution in [3.05, 3.63) is 35.0 Å². The summed E-state index contributed by atoms with van der Waals surface area (Å²) in [6.07, 6.45) is 1.63. The number of thiazole rings is 1. The third-order valence-corrected chi connectivity index (χ3v) is 3.10. The third-order valence-electron chi connectivity index (χ3n) is 1.95. The molecule has 2 rings (SSSR count). The topological polar surface area (TPSA) is 50.9 Å². The van der Waals surface area contributed by atoms with Gasteiger partial charge in [0, 0.05) is 10.7 Å². The van der Waals surface area contributed by atoms with Gasteiger partial charge in [-0.25, -0.2) is 4.98 Å². The number of hydrogen-bond donors (Lipinski definition) is 2. The van der Waals surface area contributed by atoms with Gasteiger partial charge in [-0.15, -0.1) is 0 Å². The van der Waals surface area contributed by atoms with E-state index in [4.69, 9.17) is 17.3 Å². The van der Waals surface area contributed by atoms with Crippen molar-refractivity contribution in [3.8, 4) is 0 Å². The lowest BCUT2D eigenvalue weighted by Gasteiger charge is -2.04. The first-order valence-electron chi connectivity index (χ1n) is 4.39. The SMILES string of the molecule is Cc1ccc(Nc2ncc(N)s2)cc1Cl. The van der Waals surface area contributed by atoms with Gasteiger partial charge in [0.2, 0.25) is 0 Å². The molecule has 0 atom stereocenters. The van der Waals surface area contributed by atoms with Crippen LogP contribution in [-0.4, -0.2) is 4.98 Å². The maximum absolute atomic E-state index is 6.00. The van der Waals surface area contributed by atoms with Crippen molar-refractivity contribution in [2.24, 2.45) is 0 Å². The molecule has 0 spiro atoms. The fourth-order valence-electron chi connectivity index (χ4n) is 1.14. The highest BCUT2D eigenvalue weighted by atomic mass is 35.5. The Morgan fingerprint density at radius 2 is 2.27 bits per heavy atom. The van der Waals surface area contributed by atoms with E-state index >= 15 is 0 Å². The zero-order valence-electron chi connectivity index (χ0n) is 8.12. The second kappa shape index (κ2) is 4.08. The van der Waals surface area contributed by atoms with Crippen LogP contribution < -0.4 is 11.1 Å². The fraction of sp³-hybridized carbons (Fsp3) is 0.100. The molecular formula is C10H10ClN3S. The number of nitrogen functional groups attached to an aromatic ring is 1. The van der Waals surface area contributed by atoms with Crippen LogP contribution in [0.2, 0.25) is 5.02 Å². The fourth-order valence-corrected chi connectivity index (χ4v) is 1.92. The van der Waals surface area contributed by atoms with E-state index in [0.29, 0.717) is 5.00 Å². The number of benzene rings is 1. The Balaban J connectivity index is 2.21. The average molecular weight is 240 g/mol. The highest BCUT2D eigenvalue weighted by Gasteiger charge is 2.01. The number of nitrogens with zero attached hydrogens (tertiary/aromatic N) is 1. The van der Waals surface area contributed by atoms with Gasteiger partial charge in [-0.3, -0.25) is 0 Å². The Hall–Kier alpha value is -1.26. The summed E-state index contributed by atoms with van der Waals surface area (Å²) in [4.78, 5) is 4.10. The quantitative estimate of drug-likeness (QED) is 0.844. The number of aryl methyl sites for hydroxylation is 1. The Morgan fingerprint density at radius 3 is 2.87 bits per heavy atom. The molecule has 0 aliphatic rings. The first-order chi connectivity index (χ1) is 7.15. The molecule has 15 heavy (non-hydrogen) atoms. The van der Waals surface area contributed by atoms with Crippen molar-refractivity contribution >= 4 is 38.8 Å². The molecular weight excluding hydrogens is 230 g/mol. The first kappa shape index (κ1) is 10.3. The summed E-state index contributed by atoms with van der Waals surface area (Å²) in [7, 11) is 0. The molecule has 0 saturated carbocycles. The number of anilines is 3. The average Bonchev–Trinajstić information content (AvgIpc) is 2.58. The lowest BCUT2D eigenvalue weighted by Crippen LogP contribution is -1.89. The number of halogens is 1. The van der Waals surface area contributed by atoms with Crippen molar-refractivity contribution in [3.63, 3.8) is 0 Å². The predicted molar refractivity (Wildman–Crippen MR) is 66.0 cm³/mol. The minimum Gasteiger partial charge on any atom is -0.389 e. The van der Waals surface area contributed by atoms with Gasteiger partial charge < -0.3 is 11.1 Å². The van der Waals surface area contributed by atoms with Crippen LogP contribution in [0.25, 0.3) is 0 Å². The number of nitrogens with two attached hydrogens (primary N) is 1. The van der Waals surface area contributed by atoms with Crippen molar-refractivity contribution in [1.82, 2.24) is 4.98 Å². The summed E-state index contributed by atoms with van der Waals surface area (Å²) in [6, 6.07) is 5.79.